The average molecular weight is 316 g/mol. The van der Waals surface area contributed by atoms with Crippen LogP contribution in [0.25, 0.3) is 0 Å². The van der Waals surface area contributed by atoms with E-state index in [2.05, 4.69) is 26.8 Å². The highest BCUT2D eigenvalue weighted by molar-refractivity contribution is 5.77. The molecule has 0 amide bonds. The van der Waals surface area contributed by atoms with Crippen LogP contribution in [0.4, 0.5) is 0 Å². The van der Waals surface area contributed by atoms with Gasteiger partial charge >= 0.3 is 5.97 Å². The lowest BCUT2D eigenvalue weighted by Crippen LogP contribution is -2.58. The van der Waals surface area contributed by atoms with Crippen molar-refractivity contribution in [2.24, 2.45) is 34.0 Å². The molecule has 128 valence electrons. The first-order chi connectivity index (χ1) is 10.9. The summed E-state index contributed by atoms with van der Waals surface area (Å²) < 4.78 is 5.25. The van der Waals surface area contributed by atoms with Crippen LogP contribution in [0.3, 0.4) is 0 Å². The molecule has 23 heavy (non-hydrogen) atoms. The van der Waals surface area contributed by atoms with Gasteiger partial charge in [0.05, 0.1) is 12.5 Å². The molecule has 0 aliphatic heterocycles. The number of allylic oxidation sites excluding steroid dienone is 2. The van der Waals surface area contributed by atoms with Gasteiger partial charge in [0.2, 0.25) is 0 Å². The third kappa shape index (κ3) is 1.90. The van der Waals surface area contributed by atoms with Gasteiger partial charge in [-0.1, -0.05) is 25.0 Å². The largest absolute Gasteiger partial charge is 0.469 e. The molecule has 0 aromatic carbocycles. The Bertz CT molecular complexity index is 564. The van der Waals surface area contributed by atoms with Crippen molar-refractivity contribution in [2.45, 2.75) is 72.1 Å². The van der Waals surface area contributed by atoms with Crippen molar-refractivity contribution in [1.82, 2.24) is 0 Å². The molecule has 2 nitrogen and oxygen atoms in total. The molecule has 0 radical (unpaired) electrons. The van der Waals surface area contributed by atoms with E-state index in [9.17, 15) is 4.79 Å². The molecular weight excluding hydrogens is 284 g/mol. The summed E-state index contributed by atoms with van der Waals surface area (Å²) in [6, 6.07) is 0. The number of ether oxygens (including phenoxy) is 1. The second kappa shape index (κ2) is 4.86. The Morgan fingerprint density at radius 1 is 1.13 bits per heavy atom. The molecule has 6 atom stereocenters. The van der Waals surface area contributed by atoms with Crippen molar-refractivity contribution >= 4 is 5.97 Å². The SMILES string of the molecule is COC(=O)[C@@]1(C)CCC[C@@]2(C)[C@H]1CC[C@]13C=C(C)[C@H](CC[C@@H]12)C3. The van der Waals surface area contributed by atoms with Crippen LogP contribution in [0.2, 0.25) is 0 Å². The van der Waals surface area contributed by atoms with E-state index in [4.69, 9.17) is 4.74 Å². The molecule has 3 saturated carbocycles. The number of carbonyl (C=O) groups excluding carboxylic acids is 1. The van der Waals surface area contributed by atoms with E-state index in [-0.39, 0.29) is 11.4 Å². The summed E-state index contributed by atoms with van der Waals surface area (Å²) in [7, 11) is 1.57. The fourth-order valence-electron chi connectivity index (χ4n) is 7.68. The number of fused-ring (bicyclic) bond motifs is 3. The van der Waals surface area contributed by atoms with Gasteiger partial charge in [0.1, 0.15) is 0 Å². The first-order valence-electron chi connectivity index (χ1n) is 9.63. The highest BCUT2D eigenvalue weighted by atomic mass is 16.5. The predicted octanol–water partition coefficient (Wildman–Crippen LogP) is 5.13. The Kier molecular flexibility index (Phi) is 3.32. The summed E-state index contributed by atoms with van der Waals surface area (Å²) in [6.07, 6.45) is 12.8. The van der Waals surface area contributed by atoms with E-state index in [0.29, 0.717) is 16.7 Å². The fraction of sp³-hybridized carbons (Fsp3) is 0.857. The third-order valence-electron chi connectivity index (χ3n) is 8.61. The standard InChI is InChI=1S/C21H32O2/c1-14-12-21-11-8-16-19(2,17(21)7-6-15(14)13-21)9-5-10-20(16,3)18(22)23-4/h12,15-17H,5-11,13H2,1-4H3/t15-,16-,17-,19+,20+,21-/m1/s1. The highest BCUT2D eigenvalue weighted by Gasteiger charge is 2.64. The Morgan fingerprint density at radius 3 is 2.65 bits per heavy atom. The van der Waals surface area contributed by atoms with E-state index in [1.165, 1.54) is 44.9 Å². The van der Waals surface area contributed by atoms with Gasteiger partial charge in [-0.25, -0.2) is 0 Å². The summed E-state index contributed by atoms with van der Waals surface area (Å²) in [5.74, 6) is 2.16. The Labute approximate surface area is 141 Å². The van der Waals surface area contributed by atoms with Gasteiger partial charge in [0, 0.05) is 0 Å². The molecule has 2 heteroatoms. The van der Waals surface area contributed by atoms with E-state index in [0.717, 1.165) is 18.3 Å². The molecule has 4 aliphatic carbocycles. The Balaban J connectivity index is 1.74. The molecule has 3 fully saturated rings. The number of esters is 1. The monoisotopic (exact) mass is 316 g/mol. The molecule has 0 unspecified atom stereocenters. The lowest BCUT2D eigenvalue weighted by atomic mass is 9.41. The van der Waals surface area contributed by atoms with Gasteiger partial charge in [-0.2, -0.15) is 0 Å². The van der Waals surface area contributed by atoms with Gasteiger partial charge in [-0.3, -0.25) is 4.79 Å². The molecule has 0 saturated heterocycles. The maximum atomic E-state index is 12.6. The van der Waals surface area contributed by atoms with Crippen molar-refractivity contribution < 1.29 is 9.53 Å². The molecule has 0 aromatic heterocycles. The van der Waals surface area contributed by atoms with Crippen LogP contribution in [-0.2, 0) is 9.53 Å². The van der Waals surface area contributed by atoms with Crippen LogP contribution >= 0.6 is 0 Å². The highest BCUT2D eigenvalue weighted by Crippen LogP contribution is 2.70. The maximum Gasteiger partial charge on any atom is 0.311 e. The molecule has 4 aliphatic rings. The summed E-state index contributed by atoms with van der Waals surface area (Å²) in [5.41, 5.74) is 2.15. The van der Waals surface area contributed by atoms with Crippen LogP contribution in [0.5, 0.6) is 0 Å². The minimum absolute atomic E-state index is 0.0382. The van der Waals surface area contributed by atoms with Gasteiger partial charge in [0.15, 0.2) is 0 Å². The summed E-state index contributed by atoms with van der Waals surface area (Å²) in [6.45, 7) is 7.07. The zero-order chi connectivity index (χ0) is 16.5. The van der Waals surface area contributed by atoms with Crippen molar-refractivity contribution in [2.75, 3.05) is 7.11 Å². The second-order valence-corrected chi connectivity index (χ2v) is 9.51. The summed E-state index contributed by atoms with van der Waals surface area (Å²) in [5, 5.41) is 0. The topological polar surface area (TPSA) is 26.3 Å². The van der Waals surface area contributed by atoms with Crippen LogP contribution < -0.4 is 0 Å². The van der Waals surface area contributed by atoms with Gasteiger partial charge < -0.3 is 4.74 Å². The van der Waals surface area contributed by atoms with E-state index in [1.807, 2.05) is 0 Å². The molecule has 1 spiro atoms. The lowest BCUT2D eigenvalue weighted by Gasteiger charge is -2.63. The Morgan fingerprint density at radius 2 is 1.91 bits per heavy atom. The van der Waals surface area contributed by atoms with Crippen LogP contribution in [0, 0.1) is 34.0 Å². The molecule has 0 aromatic rings. The molecule has 2 bridgehead atoms. The minimum atomic E-state index is -0.266. The van der Waals surface area contributed by atoms with E-state index in [1.54, 1.807) is 12.7 Å². The van der Waals surface area contributed by atoms with Crippen molar-refractivity contribution in [3.05, 3.63) is 11.6 Å². The summed E-state index contributed by atoms with van der Waals surface area (Å²) in [4.78, 5) is 12.6. The number of methoxy groups -OCH3 is 1. The fourth-order valence-corrected chi connectivity index (χ4v) is 7.68. The first-order valence-corrected chi connectivity index (χ1v) is 9.63. The third-order valence-corrected chi connectivity index (χ3v) is 8.61. The van der Waals surface area contributed by atoms with Crippen molar-refractivity contribution in [3.63, 3.8) is 0 Å². The zero-order valence-electron chi connectivity index (χ0n) is 15.3. The van der Waals surface area contributed by atoms with Gasteiger partial charge in [-0.05, 0) is 87.4 Å². The van der Waals surface area contributed by atoms with Crippen LogP contribution in [0.15, 0.2) is 11.6 Å². The number of rotatable bonds is 1. The molecule has 0 N–H and O–H groups in total. The van der Waals surface area contributed by atoms with Gasteiger partial charge in [0.25, 0.3) is 0 Å². The second-order valence-electron chi connectivity index (χ2n) is 9.51. The number of carbonyl (C=O) groups is 1. The van der Waals surface area contributed by atoms with Crippen molar-refractivity contribution in [3.8, 4) is 0 Å². The van der Waals surface area contributed by atoms with E-state index < -0.39 is 0 Å². The predicted molar refractivity (Wildman–Crippen MR) is 91.8 cm³/mol. The van der Waals surface area contributed by atoms with Crippen LogP contribution in [-0.4, -0.2) is 13.1 Å². The molecule has 4 rings (SSSR count). The lowest BCUT2D eigenvalue weighted by molar-refractivity contribution is -0.180. The Hall–Kier alpha value is -0.790. The maximum absolute atomic E-state index is 12.6. The first kappa shape index (κ1) is 15.7. The normalized spacial score (nSPS) is 51.5. The molecule has 0 heterocycles. The summed E-state index contributed by atoms with van der Waals surface area (Å²) >= 11 is 0. The number of hydrogen-bond donors (Lipinski definition) is 0. The average Bonchev–Trinajstić information content (AvgIpc) is 2.75. The van der Waals surface area contributed by atoms with Gasteiger partial charge in [-0.15, -0.1) is 0 Å². The minimum Gasteiger partial charge on any atom is -0.469 e. The van der Waals surface area contributed by atoms with E-state index >= 15 is 0 Å². The number of hydrogen-bond acceptors (Lipinski definition) is 2. The van der Waals surface area contributed by atoms with Crippen LogP contribution in [0.1, 0.15) is 72.1 Å². The van der Waals surface area contributed by atoms with Crippen molar-refractivity contribution in [1.29, 1.82) is 0 Å². The molecular formula is C21H32O2. The zero-order valence-corrected chi connectivity index (χ0v) is 15.3. The quantitative estimate of drug-likeness (QED) is 0.495. The smallest absolute Gasteiger partial charge is 0.311 e.